The molecular formula is C21H31N3O2. The van der Waals surface area contributed by atoms with Gasteiger partial charge in [-0.25, -0.2) is 0 Å². The van der Waals surface area contributed by atoms with Crippen molar-refractivity contribution in [2.45, 2.75) is 63.6 Å². The summed E-state index contributed by atoms with van der Waals surface area (Å²) in [5.74, 6) is 0.620. The zero-order chi connectivity index (χ0) is 17.8. The van der Waals surface area contributed by atoms with Crippen molar-refractivity contribution in [2.75, 3.05) is 19.7 Å². The molecule has 2 saturated heterocycles. The predicted octanol–water partition coefficient (Wildman–Crippen LogP) is 2.76. The van der Waals surface area contributed by atoms with Gasteiger partial charge in [-0.05, 0) is 43.2 Å². The molecule has 1 aliphatic carbocycles. The summed E-state index contributed by atoms with van der Waals surface area (Å²) in [6.45, 7) is 3.40. The normalized spacial score (nSPS) is 30.5. The van der Waals surface area contributed by atoms with Crippen molar-refractivity contribution in [1.29, 1.82) is 0 Å². The summed E-state index contributed by atoms with van der Waals surface area (Å²) >= 11 is 0. The molecule has 0 bridgehead atoms. The molecule has 1 aromatic heterocycles. The number of hydrogen-bond acceptors (Lipinski definition) is 4. The van der Waals surface area contributed by atoms with Crippen molar-refractivity contribution in [1.82, 2.24) is 15.2 Å². The van der Waals surface area contributed by atoms with E-state index in [9.17, 15) is 4.79 Å². The number of carbonyl (C=O) groups is 1. The summed E-state index contributed by atoms with van der Waals surface area (Å²) in [5, 5.41) is 3.07. The van der Waals surface area contributed by atoms with Gasteiger partial charge in [0, 0.05) is 38.1 Å². The predicted molar refractivity (Wildman–Crippen MR) is 100 cm³/mol. The molecule has 3 atom stereocenters. The third-order valence-corrected chi connectivity index (χ3v) is 6.45. The van der Waals surface area contributed by atoms with Crippen LogP contribution in [0.4, 0.5) is 0 Å². The second-order valence-corrected chi connectivity index (χ2v) is 8.22. The third-order valence-electron chi connectivity index (χ3n) is 6.45. The fraction of sp³-hybridized carbons (Fsp3) is 0.714. The van der Waals surface area contributed by atoms with Crippen LogP contribution in [-0.4, -0.2) is 47.6 Å². The number of amides is 1. The Labute approximate surface area is 156 Å². The molecular weight excluding hydrogens is 326 g/mol. The van der Waals surface area contributed by atoms with Crippen LogP contribution in [0.25, 0.3) is 0 Å². The van der Waals surface area contributed by atoms with Gasteiger partial charge in [0.25, 0.3) is 0 Å². The van der Waals surface area contributed by atoms with Gasteiger partial charge in [-0.1, -0.05) is 25.3 Å². The molecule has 5 heteroatoms. The van der Waals surface area contributed by atoms with Crippen LogP contribution in [0.1, 0.15) is 50.5 Å². The molecule has 3 aliphatic rings. The molecule has 1 N–H and O–H groups in total. The van der Waals surface area contributed by atoms with Crippen molar-refractivity contribution in [2.24, 2.45) is 11.8 Å². The van der Waals surface area contributed by atoms with Crippen molar-refractivity contribution in [3.05, 3.63) is 30.1 Å². The molecule has 1 amide bonds. The number of pyridine rings is 1. The zero-order valence-corrected chi connectivity index (χ0v) is 15.6. The molecule has 5 nitrogen and oxygen atoms in total. The van der Waals surface area contributed by atoms with Crippen LogP contribution >= 0.6 is 0 Å². The fourth-order valence-corrected chi connectivity index (χ4v) is 4.95. The van der Waals surface area contributed by atoms with E-state index >= 15 is 0 Å². The van der Waals surface area contributed by atoms with Gasteiger partial charge in [-0.15, -0.1) is 0 Å². The quantitative estimate of drug-likeness (QED) is 0.900. The highest BCUT2D eigenvalue weighted by atomic mass is 16.5. The Morgan fingerprint density at radius 2 is 2.15 bits per heavy atom. The first-order valence-corrected chi connectivity index (χ1v) is 10.3. The van der Waals surface area contributed by atoms with Gasteiger partial charge in [0.15, 0.2) is 0 Å². The molecule has 2 aliphatic heterocycles. The van der Waals surface area contributed by atoms with Crippen molar-refractivity contribution >= 4 is 5.91 Å². The second kappa shape index (κ2) is 8.49. The molecule has 3 heterocycles. The Kier molecular flexibility index (Phi) is 5.85. The molecule has 0 spiro atoms. The molecule has 142 valence electrons. The largest absolute Gasteiger partial charge is 0.377 e. The number of likely N-dealkylation sites (tertiary alicyclic amines) is 1. The lowest BCUT2D eigenvalue weighted by Gasteiger charge is -2.46. The summed E-state index contributed by atoms with van der Waals surface area (Å²) in [4.78, 5) is 19.4. The molecule has 0 unspecified atom stereocenters. The molecule has 26 heavy (non-hydrogen) atoms. The Hall–Kier alpha value is -1.46. The van der Waals surface area contributed by atoms with E-state index in [4.69, 9.17) is 4.74 Å². The number of rotatable bonds is 4. The molecule has 1 aromatic rings. The first-order valence-electron chi connectivity index (χ1n) is 10.3. The van der Waals surface area contributed by atoms with Crippen molar-refractivity contribution in [3.63, 3.8) is 0 Å². The van der Waals surface area contributed by atoms with E-state index in [2.05, 4.69) is 15.2 Å². The molecule has 0 aromatic carbocycles. The number of hydrogen-bond donors (Lipinski definition) is 1. The average Bonchev–Trinajstić information content (AvgIpc) is 2.72. The van der Waals surface area contributed by atoms with E-state index in [1.165, 1.54) is 38.6 Å². The Morgan fingerprint density at radius 1 is 1.27 bits per heavy atom. The van der Waals surface area contributed by atoms with Crippen LogP contribution in [-0.2, 0) is 16.1 Å². The summed E-state index contributed by atoms with van der Waals surface area (Å²) in [7, 11) is 0. The van der Waals surface area contributed by atoms with Crippen LogP contribution in [0.5, 0.6) is 0 Å². The smallest absolute Gasteiger partial charge is 0.225 e. The molecule has 0 radical (unpaired) electrons. The summed E-state index contributed by atoms with van der Waals surface area (Å²) in [6.07, 6.45) is 12.9. The number of nitrogens with one attached hydrogen (secondary N) is 1. The maximum atomic E-state index is 12.6. The van der Waals surface area contributed by atoms with Crippen molar-refractivity contribution < 1.29 is 9.53 Å². The summed E-state index contributed by atoms with van der Waals surface area (Å²) in [6, 6.07) is 4.66. The standard InChI is InChI=1S/C21H31N3O2/c25-21(23-13-16-5-4-9-22-12-16)18-11-17-14-24(10-8-20(17)26-15-18)19-6-2-1-3-7-19/h4-5,9,12,17-20H,1-3,6-8,10-11,13-15H2,(H,23,25)/t17-,18-,20+/m1/s1. The van der Waals surface area contributed by atoms with E-state index < -0.39 is 0 Å². The van der Waals surface area contributed by atoms with Crippen LogP contribution in [0.15, 0.2) is 24.5 Å². The maximum absolute atomic E-state index is 12.6. The topological polar surface area (TPSA) is 54.5 Å². The third kappa shape index (κ3) is 4.26. The number of nitrogens with zero attached hydrogens (tertiary/aromatic N) is 2. The number of ether oxygens (including phenoxy) is 1. The fourth-order valence-electron chi connectivity index (χ4n) is 4.95. The van der Waals surface area contributed by atoms with Gasteiger partial charge < -0.3 is 10.1 Å². The van der Waals surface area contributed by atoms with Gasteiger partial charge in [-0.2, -0.15) is 0 Å². The Balaban J connectivity index is 1.29. The monoisotopic (exact) mass is 357 g/mol. The average molecular weight is 357 g/mol. The summed E-state index contributed by atoms with van der Waals surface area (Å²) < 4.78 is 6.10. The van der Waals surface area contributed by atoms with Crippen LogP contribution < -0.4 is 5.32 Å². The lowest BCUT2D eigenvalue weighted by molar-refractivity contribution is -0.140. The van der Waals surface area contributed by atoms with Crippen LogP contribution in [0, 0.1) is 11.8 Å². The Morgan fingerprint density at radius 3 is 2.96 bits per heavy atom. The molecule has 4 rings (SSSR count). The zero-order valence-electron chi connectivity index (χ0n) is 15.6. The van der Waals surface area contributed by atoms with E-state index in [0.29, 0.717) is 25.2 Å². The lowest BCUT2D eigenvalue weighted by Crippen LogP contribution is -2.53. The van der Waals surface area contributed by atoms with E-state index in [0.717, 1.165) is 31.0 Å². The first-order chi connectivity index (χ1) is 12.8. The molecule has 3 fully saturated rings. The van der Waals surface area contributed by atoms with E-state index in [-0.39, 0.29) is 11.8 Å². The SMILES string of the molecule is O=C(NCc1cccnc1)[C@H]1CO[C@H]2CCN(C3CCCCC3)C[C@H]2C1. The number of carbonyl (C=O) groups excluding carboxylic acids is 1. The maximum Gasteiger partial charge on any atom is 0.225 e. The molecule has 1 saturated carbocycles. The minimum atomic E-state index is -0.0146. The highest BCUT2D eigenvalue weighted by Crippen LogP contribution is 2.34. The van der Waals surface area contributed by atoms with Gasteiger partial charge >= 0.3 is 0 Å². The van der Waals surface area contributed by atoms with Crippen LogP contribution in [0.2, 0.25) is 0 Å². The second-order valence-electron chi connectivity index (χ2n) is 8.22. The summed E-state index contributed by atoms with van der Waals surface area (Å²) in [5.41, 5.74) is 1.04. The lowest BCUT2D eigenvalue weighted by atomic mass is 9.82. The number of aromatic nitrogens is 1. The van der Waals surface area contributed by atoms with Gasteiger partial charge in [0.2, 0.25) is 5.91 Å². The van der Waals surface area contributed by atoms with Gasteiger partial charge in [-0.3, -0.25) is 14.7 Å². The van der Waals surface area contributed by atoms with E-state index in [1.807, 2.05) is 12.1 Å². The van der Waals surface area contributed by atoms with E-state index in [1.54, 1.807) is 12.4 Å². The van der Waals surface area contributed by atoms with Crippen LogP contribution in [0.3, 0.4) is 0 Å². The number of piperidine rings is 1. The van der Waals surface area contributed by atoms with Gasteiger partial charge in [0.05, 0.1) is 18.6 Å². The van der Waals surface area contributed by atoms with Crippen molar-refractivity contribution in [3.8, 4) is 0 Å². The Bertz CT molecular complexity index is 588. The minimum absolute atomic E-state index is 0.0146. The highest BCUT2D eigenvalue weighted by molar-refractivity contribution is 5.78. The number of fused-ring (bicyclic) bond motifs is 1. The highest BCUT2D eigenvalue weighted by Gasteiger charge is 2.39. The van der Waals surface area contributed by atoms with Gasteiger partial charge in [0.1, 0.15) is 0 Å². The minimum Gasteiger partial charge on any atom is -0.377 e. The first kappa shape index (κ1) is 17.9.